The van der Waals surface area contributed by atoms with Crippen molar-refractivity contribution in [1.29, 1.82) is 0 Å². The first-order valence-electron chi connectivity index (χ1n) is 7.73. The zero-order valence-corrected chi connectivity index (χ0v) is 13.4. The van der Waals surface area contributed by atoms with Crippen molar-refractivity contribution < 1.29 is 23.8 Å². The normalized spacial score (nSPS) is 20.8. The van der Waals surface area contributed by atoms with Crippen LogP contribution in [0.2, 0.25) is 0 Å². The van der Waals surface area contributed by atoms with E-state index in [1.54, 1.807) is 30.3 Å². The first-order chi connectivity index (χ1) is 12.1. The number of nitrogens with one attached hydrogen (secondary N) is 2. The van der Waals surface area contributed by atoms with Gasteiger partial charge in [-0.2, -0.15) is 0 Å². The molecule has 3 heterocycles. The maximum Gasteiger partial charge on any atom is 0.279 e. The first-order valence-corrected chi connectivity index (χ1v) is 7.73. The molecule has 128 valence electrons. The maximum absolute atomic E-state index is 12.7. The minimum Gasteiger partial charge on any atom is -0.486 e. The summed E-state index contributed by atoms with van der Waals surface area (Å²) in [5, 5.41) is 5.27. The Morgan fingerprint density at radius 1 is 1.20 bits per heavy atom. The minimum absolute atomic E-state index is 0.289. The van der Waals surface area contributed by atoms with Gasteiger partial charge in [-0.25, -0.2) is 4.98 Å². The Morgan fingerprint density at radius 2 is 2.00 bits per heavy atom. The predicted molar refractivity (Wildman–Crippen MR) is 88.0 cm³/mol. The molecule has 2 N–H and O–H groups in total. The number of nitrogens with zero attached hydrogens (tertiary/aromatic N) is 1. The van der Waals surface area contributed by atoms with Gasteiger partial charge in [-0.05, 0) is 31.2 Å². The van der Waals surface area contributed by atoms with E-state index in [0.29, 0.717) is 36.1 Å². The summed E-state index contributed by atoms with van der Waals surface area (Å²) in [5.41, 5.74) is -1.24. The van der Waals surface area contributed by atoms with E-state index in [1.165, 1.54) is 13.1 Å². The van der Waals surface area contributed by atoms with E-state index >= 15 is 0 Å². The molecule has 8 nitrogen and oxygen atoms in total. The molecule has 2 aliphatic heterocycles. The smallest absolute Gasteiger partial charge is 0.279 e. The van der Waals surface area contributed by atoms with Gasteiger partial charge in [0.25, 0.3) is 17.4 Å². The van der Waals surface area contributed by atoms with Crippen molar-refractivity contribution >= 4 is 23.3 Å². The zero-order valence-electron chi connectivity index (χ0n) is 13.4. The fourth-order valence-electron chi connectivity index (χ4n) is 2.58. The second-order valence-electron chi connectivity index (χ2n) is 5.75. The summed E-state index contributed by atoms with van der Waals surface area (Å²) >= 11 is 0. The number of rotatable bonds is 2. The van der Waals surface area contributed by atoms with Gasteiger partial charge in [0, 0.05) is 18.0 Å². The number of hydrogen-bond donors (Lipinski definition) is 2. The van der Waals surface area contributed by atoms with E-state index in [4.69, 9.17) is 14.2 Å². The van der Waals surface area contributed by atoms with Crippen LogP contribution in [-0.2, 0) is 9.59 Å². The Labute approximate surface area is 143 Å². The Bertz CT molecular complexity index is 869. The number of carbonyl (C=O) groups excluding carboxylic acids is 2. The molecule has 25 heavy (non-hydrogen) atoms. The Morgan fingerprint density at radius 3 is 2.84 bits per heavy atom. The van der Waals surface area contributed by atoms with Crippen LogP contribution in [0.1, 0.15) is 6.92 Å². The van der Waals surface area contributed by atoms with Crippen molar-refractivity contribution in [3.8, 4) is 17.2 Å². The lowest BCUT2D eigenvalue weighted by Gasteiger charge is -2.32. The molecule has 0 saturated heterocycles. The number of aromatic nitrogens is 1. The molecule has 2 aromatic rings. The van der Waals surface area contributed by atoms with Gasteiger partial charge < -0.3 is 24.8 Å². The van der Waals surface area contributed by atoms with Gasteiger partial charge in [-0.3, -0.25) is 9.59 Å². The molecule has 2 aliphatic rings. The van der Waals surface area contributed by atoms with Crippen LogP contribution in [0.3, 0.4) is 0 Å². The summed E-state index contributed by atoms with van der Waals surface area (Å²) in [5.74, 6) is 0.587. The molecule has 0 aliphatic carbocycles. The number of ether oxygens (including phenoxy) is 3. The average Bonchev–Trinajstić information content (AvgIpc) is 2.62. The summed E-state index contributed by atoms with van der Waals surface area (Å²) in [4.78, 5) is 29.1. The number of anilines is 2. The van der Waals surface area contributed by atoms with Crippen LogP contribution in [0.5, 0.6) is 17.2 Å². The maximum atomic E-state index is 12.7. The summed E-state index contributed by atoms with van der Waals surface area (Å²) in [6.45, 7) is 2.33. The van der Waals surface area contributed by atoms with Gasteiger partial charge in [0.05, 0.1) is 0 Å². The Kier molecular flexibility index (Phi) is 3.45. The summed E-state index contributed by atoms with van der Waals surface area (Å²) in [6, 6.07) is 8.32. The highest BCUT2D eigenvalue weighted by molar-refractivity contribution is 6.18. The van der Waals surface area contributed by atoms with Crippen molar-refractivity contribution in [1.82, 2.24) is 4.98 Å². The van der Waals surface area contributed by atoms with Crippen LogP contribution in [0, 0.1) is 0 Å². The van der Waals surface area contributed by atoms with Gasteiger partial charge >= 0.3 is 0 Å². The highest BCUT2D eigenvalue weighted by atomic mass is 16.6. The first kappa shape index (κ1) is 15.3. The molecule has 2 amide bonds. The molecule has 0 saturated carbocycles. The fourth-order valence-corrected chi connectivity index (χ4v) is 2.58. The third-order valence-corrected chi connectivity index (χ3v) is 3.98. The van der Waals surface area contributed by atoms with Crippen molar-refractivity contribution in [2.24, 2.45) is 0 Å². The molecule has 1 aromatic heterocycles. The van der Waals surface area contributed by atoms with Gasteiger partial charge in [-0.15, -0.1) is 0 Å². The van der Waals surface area contributed by atoms with Crippen molar-refractivity contribution in [3.63, 3.8) is 0 Å². The molecular formula is C17H15N3O5. The lowest BCUT2D eigenvalue weighted by molar-refractivity contribution is -0.143. The van der Waals surface area contributed by atoms with Gasteiger partial charge in [0.2, 0.25) is 0 Å². The van der Waals surface area contributed by atoms with Crippen molar-refractivity contribution in [2.45, 2.75) is 12.5 Å². The van der Waals surface area contributed by atoms with Crippen LogP contribution in [-0.4, -0.2) is 35.6 Å². The lowest BCUT2D eigenvalue weighted by atomic mass is 10.0. The van der Waals surface area contributed by atoms with Gasteiger partial charge in [-0.1, -0.05) is 0 Å². The molecule has 0 fully saturated rings. The van der Waals surface area contributed by atoms with Crippen LogP contribution in [0.4, 0.5) is 11.5 Å². The summed E-state index contributed by atoms with van der Waals surface area (Å²) in [6.07, 6.45) is 1.53. The molecule has 1 atom stereocenters. The second-order valence-corrected chi connectivity index (χ2v) is 5.75. The lowest BCUT2D eigenvalue weighted by Crippen LogP contribution is -2.56. The molecular weight excluding hydrogens is 326 g/mol. The topological polar surface area (TPSA) is 98.8 Å². The zero-order chi connectivity index (χ0) is 17.4. The molecule has 0 spiro atoms. The Balaban J connectivity index is 1.57. The van der Waals surface area contributed by atoms with E-state index in [-0.39, 0.29) is 5.82 Å². The van der Waals surface area contributed by atoms with E-state index in [9.17, 15) is 9.59 Å². The van der Waals surface area contributed by atoms with Crippen LogP contribution >= 0.6 is 0 Å². The third-order valence-electron chi connectivity index (χ3n) is 3.98. The molecule has 4 rings (SSSR count). The van der Waals surface area contributed by atoms with Crippen LogP contribution < -0.4 is 24.8 Å². The van der Waals surface area contributed by atoms with Gasteiger partial charge in [0.1, 0.15) is 13.2 Å². The standard InChI is InChI=1S/C17H15N3O5/c1-17(16(22)20-14-12(25-17)3-2-6-18-14)15(21)19-10-4-5-11-13(9-10)24-8-7-23-11/h2-6,9H,7-8H2,1H3,(H,19,21)(H,18,20,22)/t17-/m1/s1. The van der Waals surface area contributed by atoms with E-state index in [0.717, 1.165) is 0 Å². The number of carbonyl (C=O) groups is 2. The number of amides is 2. The van der Waals surface area contributed by atoms with E-state index in [1.807, 2.05) is 0 Å². The van der Waals surface area contributed by atoms with Crippen molar-refractivity contribution in [2.75, 3.05) is 23.8 Å². The Hall–Kier alpha value is -3.29. The number of hydrogen-bond acceptors (Lipinski definition) is 6. The van der Waals surface area contributed by atoms with Crippen LogP contribution in [0.25, 0.3) is 0 Å². The van der Waals surface area contributed by atoms with Crippen molar-refractivity contribution in [3.05, 3.63) is 36.5 Å². The van der Waals surface area contributed by atoms with E-state index in [2.05, 4.69) is 15.6 Å². The number of benzene rings is 1. The fraction of sp³-hybridized carbons (Fsp3) is 0.235. The highest BCUT2D eigenvalue weighted by Crippen LogP contribution is 2.34. The molecule has 0 radical (unpaired) electrons. The van der Waals surface area contributed by atoms with E-state index < -0.39 is 17.4 Å². The quantitative estimate of drug-likeness (QED) is 0.805. The summed E-state index contributed by atoms with van der Waals surface area (Å²) < 4.78 is 16.6. The monoisotopic (exact) mass is 341 g/mol. The molecule has 0 bridgehead atoms. The highest BCUT2D eigenvalue weighted by Gasteiger charge is 2.47. The third kappa shape index (κ3) is 2.61. The summed E-state index contributed by atoms with van der Waals surface area (Å²) in [7, 11) is 0. The molecule has 1 aromatic carbocycles. The van der Waals surface area contributed by atoms with Gasteiger partial charge in [0.15, 0.2) is 23.1 Å². The average molecular weight is 341 g/mol. The largest absolute Gasteiger partial charge is 0.486 e. The SMILES string of the molecule is C[C@]1(C(=O)Nc2ccc3c(c2)OCCO3)Oc2cccnc2NC1=O. The molecule has 0 unspecified atom stereocenters. The van der Waals surface area contributed by atoms with Crippen LogP contribution in [0.15, 0.2) is 36.5 Å². The molecule has 8 heteroatoms. The number of fused-ring (bicyclic) bond motifs is 2. The second kappa shape index (κ2) is 5.66. The predicted octanol–water partition coefficient (Wildman–Crippen LogP) is 1.58. The minimum atomic E-state index is -1.72. The number of pyridine rings is 1.